The Morgan fingerprint density at radius 3 is 0.852 bits per heavy atom. The van der Waals surface area contributed by atoms with Gasteiger partial charge in [-0.05, 0) is 0 Å². The first kappa shape index (κ1) is 21.4. The molecule has 4 rings (SSSR count). The molecule has 4 atom stereocenters. The van der Waals surface area contributed by atoms with E-state index in [1.807, 2.05) is 0 Å². The van der Waals surface area contributed by atoms with E-state index in [1.165, 1.54) is 0 Å². The van der Waals surface area contributed by atoms with Crippen LogP contribution in [0, 0.1) is 0 Å². The second-order valence-electron chi connectivity index (χ2n) is 6.73. The summed E-state index contributed by atoms with van der Waals surface area (Å²) < 4.78 is 46.4. The second kappa shape index (κ2) is 13.0. The molecule has 9 heteroatoms. The first-order valence-electron chi connectivity index (χ1n) is 9.75. The van der Waals surface area contributed by atoms with Crippen LogP contribution in [0.25, 0.3) is 0 Å². The quantitative estimate of drug-likeness (QED) is 0.243. The van der Waals surface area contributed by atoms with Crippen molar-refractivity contribution in [2.75, 3.05) is 92.5 Å². The van der Waals surface area contributed by atoms with Crippen molar-refractivity contribution in [1.82, 2.24) is 0 Å². The molecular formula is C18H32O9. The molecule has 0 aliphatic carbocycles. The monoisotopic (exact) mass is 392 g/mol. The van der Waals surface area contributed by atoms with Gasteiger partial charge >= 0.3 is 0 Å². The minimum atomic E-state index is 0.340. The fraction of sp³-hybridized carbons (Fsp3) is 1.00. The van der Waals surface area contributed by atoms with Gasteiger partial charge in [-0.1, -0.05) is 0 Å². The van der Waals surface area contributed by atoms with Gasteiger partial charge in [0.25, 0.3) is 0 Å². The lowest BCUT2D eigenvalue weighted by molar-refractivity contribution is 0.00937. The highest BCUT2D eigenvalue weighted by atomic mass is 16.6. The summed E-state index contributed by atoms with van der Waals surface area (Å²) in [5.74, 6) is 0. The summed E-state index contributed by atoms with van der Waals surface area (Å²) >= 11 is 0. The Morgan fingerprint density at radius 2 is 0.630 bits per heavy atom. The molecule has 4 heterocycles. The maximum absolute atomic E-state index is 5.31. The SMILES string of the molecule is C(COCC1CO1)OCC1CO1.C(COCC1CO1)OCCOCC1CO1. The molecule has 4 saturated heterocycles. The van der Waals surface area contributed by atoms with Crippen molar-refractivity contribution in [2.24, 2.45) is 0 Å². The molecule has 0 amide bonds. The molecular weight excluding hydrogens is 360 g/mol. The van der Waals surface area contributed by atoms with E-state index in [9.17, 15) is 0 Å². The minimum absolute atomic E-state index is 0.340. The molecule has 0 aromatic rings. The lowest BCUT2D eigenvalue weighted by atomic mass is 10.5. The largest absolute Gasteiger partial charge is 0.377 e. The highest BCUT2D eigenvalue weighted by Crippen LogP contribution is 2.10. The van der Waals surface area contributed by atoms with Crippen LogP contribution < -0.4 is 0 Å². The summed E-state index contributed by atoms with van der Waals surface area (Å²) in [4.78, 5) is 0. The van der Waals surface area contributed by atoms with Crippen LogP contribution in [0.3, 0.4) is 0 Å². The molecule has 4 aliphatic heterocycles. The highest BCUT2D eigenvalue weighted by molar-refractivity contribution is 4.68. The van der Waals surface area contributed by atoms with Crippen LogP contribution in [0.5, 0.6) is 0 Å². The molecule has 4 aliphatic rings. The van der Waals surface area contributed by atoms with Crippen LogP contribution >= 0.6 is 0 Å². The van der Waals surface area contributed by atoms with Crippen LogP contribution in [0.15, 0.2) is 0 Å². The van der Waals surface area contributed by atoms with Gasteiger partial charge in [-0.3, -0.25) is 0 Å². The Balaban J connectivity index is 0.000000159. The molecule has 27 heavy (non-hydrogen) atoms. The van der Waals surface area contributed by atoms with Crippen molar-refractivity contribution in [3.63, 3.8) is 0 Å². The van der Waals surface area contributed by atoms with Gasteiger partial charge < -0.3 is 42.6 Å². The second-order valence-corrected chi connectivity index (χ2v) is 6.73. The number of epoxide rings is 4. The predicted molar refractivity (Wildman–Crippen MR) is 93.1 cm³/mol. The lowest BCUT2D eigenvalue weighted by Crippen LogP contribution is -2.12. The minimum Gasteiger partial charge on any atom is -0.377 e. The van der Waals surface area contributed by atoms with Crippen LogP contribution in [0.1, 0.15) is 0 Å². The normalized spacial score (nSPS) is 29.8. The van der Waals surface area contributed by atoms with Gasteiger partial charge in [0.2, 0.25) is 0 Å². The molecule has 0 saturated carbocycles. The molecule has 158 valence electrons. The van der Waals surface area contributed by atoms with E-state index < -0.39 is 0 Å². The summed E-state index contributed by atoms with van der Waals surface area (Å²) in [5, 5.41) is 0. The zero-order chi connectivity index (χ0) is 18.6. The third-order valence-electron chi connectivity index (χ3n) is 3.94. The van der Waals surface area contributed by atoms with Gasteiger partial charge in [-0.25, -0.2) is 0 Å². The standard InChI is InChI=1S/C10H18O5.C8H14O4/c1(3-12-5-9-7-14-9)11-2-4-13-6-10-8-15-10;1(9-3-7-5-11-7)2-10-4-8-6-12-8/h9-10H,1-8H2;7-8H,1-6H2. The van der Waals surface area contributed by atoms with Crippen LogP contribution in [-0.2, 0) is 42.6 Å². The van der Waals surface area contributed by atoms with E-state index >= 15 is 0 Å². The summed E-state index contributed by atoms with van der Waals surface area (Å²) in [5.41, 5.74) is 0. The van der Waals surface area contributed by atoms with E-state index in [0.717, 1.165) is 26.4 Å². The van der Waals surface area contributed by atoms with Gasteiger partial charge in [0.15, 0.2) is 0 Å². The molecule has 0 radical (unpaired) electrons. The fourth-order valence-corrected chi connectivity index (χ4v) is 1.97. The third kappa shape index (κ3) is 13.4. The Hall–Kier alpha value is -0.360. The van der Waals surface area contributed by atoms with Gasteiger partial charge in [-0.2, -0.15) is 0 Å². The van der Waals surface area contributed by atoms with E-state index in [2.05, 4.69) is 0 Å². The predicted octanol–water partition coefficient (Wildman–Crippen LogP) is -0.349. The zero-order valence-electron chi connectivity index (χ0n) is 15.9. The molecule has 0 bridgehead atoms. The Morgan fingerprint density at radius 1 is 0.407 bits per heavy atom. The van der Waals surface area contributed by atoms with Gasteiger partial charge in [0.1, 0.15) is 24.4 Å². The highest BCUT2D eigenvalue weighted by Gasteiger charge is 2.24. The summed E-state index contributed by atoms with van der Waals surface area (Å²) in [6.07, 6.45) is 1.40. The summed E-state index contributed by atoms with van der Waals surface area (Å²) in [6.45, 7) is 10.0. The first-order chi connectivity index (χ1) is 13.4. The van der Waals surface area contributed by atoms with E-state index in [0.29, 0.717) is 90.5 Å². The van der Waals surface area contributed by atoms with Crippen molar-refractivity contribution in [2.45, 2.75) is 24.4 Å². The van der Waals surface area contributed by atoms with Gasteiger partial charge in [0.05, 0.1) is 92.5 Å². The first-order valence-corrected chi connectivity index (χ1v) is 9.75. The molecule has 0 spiro atoms. The van der Waals surface area contributed by atoms with Crippen molar-refractivity contribution < 1.29 is 42.6 Å². The van der Waals surface area contributed by atoms with Crippen molar-refractivity contribution in [3.05, 3.63) is 0 Å². The summed E-state index contributed by atoms with van der Waals surface area (Å²) in [6, 6.07) is 0. The molecule has 0 N–H and O–H groups in total. The van der Waals surface area contributed by atoms with E-state index in [4.69, 9.17) is 42.6 Å². The number of hydrogen-bond acceptors (Lipinski definition) is 9. The topological polar surface area (TPSA) is 96.3 Å². The van der Waals surface area contributed by atoms with Gasteiger partial charge in [0, 0.05) is 0 Å². The lowest BCUT2D eigenvalue weighted by Gasteiger charge is -2.05. The fourth-order valence-electron chi connectivity index (χ4n) is 1.97. The van der Waals surface area contributed by atoms with Crippen molar-refractivity contribution in [1.29, 1.82) is 0 Å². The number of rotatable bonds is 17. The molecule has 0 aromatic heterocycles. The maximum Gasteiger partial charge on any atom is 0.104 e. The Bertz CT molecular complexity index is 334. The molecule has 9 nitrogen and oxygen atoms in total. The molecule has 4 unspecified atom stereocenters. The van der Waals surface area contributed by atoms with Crippen LogP contribution in [-0.4, -0.2) is 117 Å². The average molecular weight is 392 g/mol. The average Bonchev–Trinajstić information content (AvgIpc) is 3.51. The smallest absolute Gasteiger partial charge is 0.104 e. The Kier molecular flexibility index (Phi) is 10.3. The Labute approximate surface area is 160 Å². The van der Waals surface area contributed by atoms with E-state index in [-0.39, 0.29) is 0 Å². The van der Waals surface area contributed by atoms with E-state index in [1.54, 1.807) is 0 Å². The van der Waals surface area contributed by atoms with Crippen LogP contribution in [0.2, 0.25) is 0 Å². The summed E-state index contributed by atoms with van der Waals surface area (Å²) in [7, 11) is 0. The zero-order valence-corrected chi connectivity index (χ0v) is 15.9. The molecule has 0 aromatic carbocycles. The van der Waals surface area contributed by atoms with Crippen molar-refractivity contribution in [3.8, 4) is 0 Å². The van der Waals surface area contributed by atoms with Crippen molar-refractivity contribution >= 4 is 0 Å². The number of ether oxygens (including phenoxy) is 9. The third-order valence-corrected chi connectivity index (χ3v) is 3.94. The molecule has 4 fully saturated rings. The van der Waals surface area contributed by atoms with Crippen LogP contribution in [0.4, 0.5) is 0 Å². The van der Waals surface area contributed by atoms with Gasteiger partial charge in [-0.15, -0.1) is 0 Å². The number of hydrogen-bond donors (Lipinski definition) is 0. The maximum atomic E-state index is 5.31.